The molecule has 11 aromatic rings. The highest BCUT2D eigenvalue weighted by molar-refractivity contribution is 6.29. The first-order valence-electron chi connectivity index (χ1n) is 19.7. The molecule has 1 nitrogen and oxygen atoms in total. The quantitative estimate of drug-likeness (QED) is 0.137. The van der Waals surface area contributed by atoms with Crippen molar-refractivity contribution in [2.45, 2.75) is 0 Å². The Bertz CT molecular complexity index is 3460. The van der Waals surface area contributed by atoms with Crippen LogP contribution in [0, 0.1) is 0 Å². The summed E-state index contributed by atoms with van der Waals surface area (Å²) in [6.45, 7) is 0. The normalized spacial score (nSPS) is 13.3. The van der Waals surface area contributed by atoms with Crippen molar-refractivity contribution in [2.24, 2.45) is 0 Å². The summed E-state index contributed by atoms with van der Waals surface area (Å²) in [4.78, 5) is 0. The minimum atomic E-state index is -0.408. The van der Waals surface area contributed by atoms with E-state index in [0.717, 1.165) is 87.3 Å². The molecule has 0 unspecified atom stereocenters. The summed E-state index contributed by atoms with van der Waals surface area (Å²) in [5, 5.41) is 12.8. The summed E-state index contributed by atoms with van der Waals surface area (Å²) < 4.78 is 49.8. The highest BCUT2D eigenvalue weighted by Crippen LogP contribution is 2.49. The zero-order chi connectivity index (χ0) is 37.8. The van der Waals surface area contributed by atoms with E-state index in [0.29, 0.717) is 5.56 Å². The summed E-state index contributed by atoms with van der Waals surface area (Å²) in [5.41, 5.74) is 6.53. The fourth-order valence-electron chi connectivity index (χ4n) is 8.33. The van der Waals surface area contributed by atoms with Crippen LogP contribution in [0.15, 0.2) is 186 Å². The van der Waals surface area contributed by atoms with Crippen molar-refractivity contribution < 1.29 is 11.3 Å². The molecule has 10 aromatic carbocycles. The number of hydrogen-bond acceptors (Lipinski definition) is 1. The third-order valence-corrected chi connectivity index (χ3v) is 10.5. The number of fused-ring (bicyclic) bond motifs is 10. The van der Waals surface area contributed by atoms with E-state index in [-0.39, 0.29) is 29.7 Å². The van der Waals surface area contributed by atoms with Gasteiger partial charge in [0.15, 0.2) is 0 Å². The molecule has 0 N–H and O–H groups in total. The van der Waals surface area contributed by atoms with Crippen molar-refractivity contribution in [2.75, 3.05) is 0 Å². The van der Waals surface area contributed by atoms with Crippen molar-refractivity contribution in [3.8, 4) is 33.4 Å². The topological polar surface area (TPSA) is 13.1 Å². The van der Waals surface area contributed by atoms with Crippen molar-refractivity contribution in [3.63, 3.8) is 0 Å². The van der Waals surface area contributed by atoms with Gasteiger partial charge in [0.1, 0.15) is 11.2 Å². The fraction of sp³-hybridized carbons (Fsp3) is 0. The predicted octanol–water partition coefficient (Wildman–Crippen LogP) is 14.4. The molecule has 1 aromatic heterocycles. The Kier molecular flexibility index (Phi) is 5.05. The molecule has 11 rings (SSSR count). The Balaban J connectivity index is 1.32. The lowest BCUT2D eigenvalue weighted by Crippen LogP contribution is -1.93. The number of hydrogen-bond donors (Lipinski definition) is 0. The van der Waals surface area contributed by atoms with Gasteiger partial charge in [-0.3, -0.25) is 0 Å². The fourth-order valence-corrected chi connectivity index (χ4v) is 8.33. The smallest absolute Gasteiger partial charge is 0.143 e. The second-order valence-corrected chi connectivity index (χ2v) is 13.2. The molecule has 0 aliphatic carbocycles. The van der Waals surface area contributed by atoms with Gasteiger partial charge in [0, 0.05) is 16.2 Å². The van der Waals surface area contributed by atoms with Gasteiger partial charge in [0.05, 0.1) is 6.85 Å². The first-order valence-corrected chi connectivity index (χ1v) is 17.2. The van der Waals surface area contributed by atoms with Crippen LogP contribution in [0.5, 0.6) is 0 Å². The maximum Gasteiger partial charge on any atom is 0.143 e. The van der Waals surface area contributed by atoms with Gasteiger partial charge in [0.2, 0.25) is 0 Å². The van der Waals surface area contributed by atoms with Gasteiger partial charge in [-0.15, -0.1) is 0 Å². The van der Waals surface area contributed by atoms with Crippen molar-refractivity contribution in [1.29, 1.82) is 0 Å². The molecular weight excluding hydrogens is 617 g/mol. The third kappa shape index (κ3) is 4.16. The van der Waals surface area contributed by atoms with Gasteiger partial charge >= 0.3 is 0 Å². The predicted molar refractivity (Wildman–Crippen MR) is 218 cm³/mol. The molecular formula is C50H30O. The van der Waals surface area contributed by atoms with E-state index >= 15 is 0 Å². The van der Waals surface area contributed by atoms with E-state index in [2.05, 4.69) is 115 Å². The molecule has 0 amide bonds. The largest absolute Gasteiger partial charge is 0.455 e. The molecule has 1 heterocycles. The molecule has 1 heteroatoms. The summed E-state index contributed by atoms with van der Waals surface area (Å²) in [7, 11) is 0. The van der Waals surface area contributed by atoms with Crippen LogP contribution in [0.3, 0.4) is 0 Å². The SMILES string of the molecule is [2H]c1c([2H])c([2H])c(-c2ccc3c(-c4cccc5oc6c7ccccc7ccc6c45)c4ccccc4c(-c4cccc5c4ccc4ccccc45)c3c2)c([2H])c1[2H]. The van der Waals surface area contributed by atoms with Crippen molar-refractivity contribution >= 4 is 75.8 Å². The summed E-state index contributed by atoms with van der Waals surface area (Å²) >= 11 is 0. The summed E-state index contributed by atoms with van der Waals surface area (Å²) in [6, 6.07) is 51.0. The number of furan rings is 1. The Labute approximate surface area is 301 Å². The molecule has 0 bridgehead atoms. The van der Waals surface area contributed by atoms with Crippen LogP contribution in [0.25, 0.3) is 109 Å². The van der Waals surface area contributed by atoms with E-state index in [1.807, 2.05) is 36.4 Å². The average molecular weight is 652 g/mol. The highest BCUT2D eigenvalue weighted by Gasteiger charge is 2.22. The van der Waals surface area contributed by atoms with Gasteiger partial charge in [-0.1, -0.05) is 164 Å². The second kappa shape index (κ2) is 10.9. The van der Waals surface area contributed by atoms with Crippen LogP contribution in [-0.2, 0) is 0 Å². The Morgan fingerprint density at radius 3 is 1.76 bits per heavy atom. The first-order chi connectivity index (χ1) is 27.4. The minimum absolute atomic E-state index is 0.178. The molecule has 0 radical (unpaired) electrons. The molecule has 0 aliphatic heterocycles. The Hall–Kier alpha value is -6.70. The van der Waals surface area contributed by atoms with Gasteiger partial charge in [-0.05, 0) is 100 Å². The van der Waals surface area contributed by atoms with Crippen LogP contribution in [0.4, 0.5) is 0 Å². The molecule has 51 heavy (non-hydrogen) atoms. The van der Waals surface area contributed by atoms with Gasteiger partial charge in [-0.2, -0.15) is 0 Å². The Morgan fingerprint density at radius 2 is 0.961 bits per heavy atom. The van der Waals surface area contributed by atoms with E-state index < -0.39 is 6.04 Å². The number of benzene rings is 10. The monoisotopic (exact) mass is 651 g/mol. The first kappa shape index (κ1) is 23.6. The van der Waals surface area contributed by atoms with Gasteiger partial charge in [0.25, 0.3) is 0 Å². The van der Waals surface area contributed by atoms with Crippen LogP contribution >= 0.6 is 0 Å². The van der Waals surface area contributed by atoms with E-state index in [1.54, 1.807) is 0 Å². The molecule has 236 valence electrons. The highest BCUT2D eigenvalue weighted by atomic mass is 16.3. The standard InChI is InChI=1S/C50H30O/c1-2-12-31(13-3-1)34-26-28-42-45(30-34)48(39-21-10-20-37-35-16-6-4-14-32(35)24-27-38(37)39)41-19-9-8-18-40(41)47(42)43-22-11-23-46-49(43)44-29-25-33-15-5-7-17-36(33)50(44)51-46/h1-30H/i1D,2D,3D,12D,13D. The molecule has 0 aliphatic rings. The van der Waals surface area contributed by atoms with Gasteiger partial charge in [-0.25, -0.2) is 0 Å². The maximum absolute atomic E-state index is 8.91. The lowest BCUT2D eigenvalue weighted by atomic mass is 9.82. The minimum Gasteiger partial charge on any atom is -0.455 e. The summed E-state index contributed by atoms with van der Waals surface area (Å²) in [5.74, 6) is 0. The second-order valence-electron chi connectivity index (χ2n) is 13.2. The zero-order valence-electron chi connectivity index (χ0n) is 32.3. The van der Waals surface area contributed by atoms with Crippen molar-refractivity contribution in [1.82, 2.24) is 0 Å². The van der Waals surface area contributed by atoms with Crippen LogP contribution < -0.4 is 0 Å². The Morgan fingerprint density at radius 1 is 0.373 bits per heavy atom. The third-order valence-electron chi connectivity index (χ3n) is 10.5. The van der Waals surface area contributed by atoms with E-state index in [4.69, 9.17) is 11.3 Å². The molecule has 0 fully saturated rings. The van der Waals surface area contributed by atoms with E-state index in [1.165, 1.54) is 10.8 Å². The van der Waals surface area contributed by atoms with Crippen LogP contribution in [0.2, 0.25) is 0 Å². The van der Waals surface area contributed by atoms with Crippen LogP contribution in [-0.4, -0.2) is 0 Å². The molecule has 0 atom stereocenters. The number of rotatable bonds is 3. The lowest BCUT2D eigenvalue weighted by Gasteiger charge is -2.20. The van der Waals surface area contributed by atoms with E-state index in [9.17, 15) is 0 Å². The lowest BCUT2D eigenvalue weighted by molar-refractivity contribution is 0.673. The molecule has 0 spiro atoms. The summed E-state index contributed by atoms with van der Waals surface area (Å²) in [6.07, 6.45) is 0. The van der Waals surface area contributed by atoms with Gasteiger partial charge < -0.3 is 4.42 Å². The average Bonchev–Trinajstić information content (AvgIpc) is 3.64. The molecule has 0 saturated carbocycles. The maximum atomic E-state index is 8.91. The van der Waals surface area contributed by atoms with Crippen molar-refractivity contribution in [3.05, 3.63) is 182 Å². The van der Waals surface area contributed by atoms with Crippen LogP contribution in [0.1, 0.15) is 6.85 Å². The zero-order valence-corrected chi connectivity index (χ0v) is 27.3. The molecule has 0 saturated heterocycles.